The van der Waals surface area contributed by atoms with Gasteiger partial charge in [0.2, 0.25) is 0 Å². The van der Waals surface area contributed by atoms with Gasteiger partial charge < -0.3 is 24.0 Å². The van der Waals surface area contributed by atoms with Crippen molar-refractivity contribution in [2.45, 2.75) is 117 Å². The molecule has 3 aliphatic carbocycles. The fourth-order valence-corrected chi connectivity index (χ4v) is 13.0. The van der Waals surface area contributed by atoms with E-state index in [1.165, 1.54) is 66.9 Å². The Morgan fingerprint density at radius 2 is 1.45 bits per heavy atom. The number of halogens is 2. The molecule has 1 N–H and O–H groups in total. The van der Waals surface area contributed by atoms with E-state index in [-0.39, 0.29) is 31.6 Å². The number of benzene rings is 6. The first kappa shape index (κ1) is 50.6. The minimum absolute atomic E-state index is 0.166. The predicted octanol–water partition coefficient (Wildman–Crippen LogP) is 13.6. The molecular formula is C65H63BF2N2O6. The molecule has 76 heavy (non-hydrogen) atoms. The minimum Gasteiger partial charge on any atom is -0.463 e. The molecule has 0 saturated carbocycles. The largest absolute Gasteiger partial charge is 0.678 e. The van der Waals surface area contributed by atoms with E-state index in [1.807, 2.05) is 44.2 Å². The van der Waals surface area contributed by atoms with E-state index < -0.39 is 19.3 Å². The number of carbonyl (C=O) groups excluding carboxylic acids is 3. The van der Waals surface area contributed by atoms with Gasteiger partial charge in [0.1, 0.15) is 5.75 Å². The number of aryl methyl sites for hydroxylation is 4. The number of ether oxygens (including phenoxy) is 3. The van der Waals surface area contributed by atoms with Crippen molar-refractivity contribution in [2.24, 2.45) is 0 Å². The summed E-state index contributed by atoms with van der Waals surface area (Å²) < 4.78 is 50.1. The van der Waals surface area contributed by atoms with Gasteiger partial charge in [0.15, 0.2) is 0 Å². The van der Waals surface area contributed by atoms with Gasteiger partial charge in [-0.3, -0.25) is 13.4 Å². The van der Waals surface area contributed by atoms with E-state index in [0.717, 1.165) is 118 Å². The first-order chi connectivity index (χ1) is 37.0. The lowest BCUT2D eigenvalue weighted by Gasteiger charge is -2.24. The molecule has 386 valence electrons. The Hall–Kier alpha value is -7.53. The summed E-state index contributed by atoms with van der Waals surface area (Å²) in [5.74, 6) is -0.907. The molecule has 1 aromatic heterocycles. The van der Waals surface area contributed by atoms with Crippen molar-refractivity contribution in [3.05, 3.63) is 176 Å². The molecule has 0 saturated heterocycles. The Morgan fingerprint density at radius 3 is 2.24 bits per heavy atom. The molecule has 11 heteroatoms. The average Bonchev–Trinajstić information content (AvgIpc) is 3.96. The Morgan fingerprint density at radius 1 is 0.750 bits per heavy atom. The molecule has 0 bridgehead atoms. The number of aromatic nitrogens is 1. The van der Waals surface area contributed by atoms with Gasteiger partial charge in [-0.15, -0.1) is 0 Å². The van der Waals surface area contributed by atoms with Crippen LogP contribution in [0.15, 0.2) is 120 Å². The Balaban J connectivity index is 0.943. The summed E-state index contributed by atoms with van der Waals surface area (Å²) in [5, 5.41) is 12.8. The van der Waals surface area contributed by atoms with E-state index >= 15 is 8.63 Å². The number of hydrogen-bond acceptors (Lipinski definition) is 7. The summed E-state index contributed by atoms with van der Waals surface area (Å²) in [6.45, 7) is 7.92. The van der Waals surface area contributed by atoms with Crippen LogP contribution in [0.1, 0.15) is 122 Å². The van der Waals surface area contributed by atoms with Crippen molar-refractivity contribution < 1.29 is 37.2 Å². The molecule has 1 aliphatic heterocycles. The Labute approximate surface area is 443 Å². The van der Waals surface area contributed by atoms with Crippen LogP contribution in [-0.4, -0.2) is 49.0 Å². The van der Waals surface area contributed by atoms with Crippen LogP contribution in [0.2, 0.25) is 0 Å². The van der Waals surface area contributed by atoms with Gasteiger partial charge in [-0.2, -0.15) is 0 Å². The topological polar surface area (TPSA) is 95.9 Å². The average molecular weight is 1020 g/mol. The van der Waals surface area contributed by atoms with Crippen LogP contribution in [0.3, 0.4) is 0 Å². The second-order valence-electron chi connectivity index (χ2n) is 20.6. The molecule has 1 atom stereocenters. The zero-order chi connectivity index (χ0) is 52.6. The van der Waals surface area contributed by atoms with Crippen molar-refractivity contribution in [3.8, 4) is 16.9 Å². The van der Waals surface area contributed by atoms with Crippen molar-refractivity contribution in [2.75, 3.05) is 13.2 Å². The summed E-state index contributed by atoms with van der Waals surface area (Å²) in [7, 11) is -2.94. The highest BCUT2D eigenvalue weighted by Crippen LogP contribution is 2.48. The van der Waals surface area contributed by atoms with Gasteiger partial charge in [0.25, 0.3) is 0 Å². The monoisotopic (exact) mass is 1020 g/mol. The second-order valence-corrected chi connectivity index (χ2v) is 20.6. The number of rotatable bonds is 15. The van der Waals surface area contributed by atoms with E-state index in [9.17, 15) is 14.4 Å². The third kappa shape index (κ3) is 9.36. The molecule has 0 fully saturated rings. The van der Waals surface area contributed by atoms with Gasteiger partial charge in [-0.05, 0) is 210 Å². The fraction of sp³-hybridized carbons (Fsp3) is 0.308. The summed E-state index contributed by atoms with van der Waals surface area (Å²) in [6.07, 6.45) is 18.4. The highest BCUT2D eigenvalue weighted by molar-refractivity contribution is 6.42. The van der Waals surface area contributed by atoms with Crippen LogP contribution in [0.5, 0.6) is 5.75 Å². The fourth-order valence-electron chi connectivity index (χ4n) is 13.0. The minimum atomic E-state index is -2.94. The second kappa shape index (κ2) is 21.6. The van der Waals surface area contributed by atoms with Gasteiger partial charge in [-0.1, -0.05) is 91.0 Å². The molecule has 4 aliphatic rings. The number of fused-ring (bicyclic) bond motifs is 3. The summed E-state index contributed by atoms with van der Waals surface area (Å²) in [5.41, 5.74) is 12.7. The van der Waals surface area contributed by atoms with Gasteiger partial charge in [0.05, 0.1) is 19.3 Å². The maximum Gasteiger partial charge on any atom is 0.678 e. The highest BCUT2D eigenvalue weighted by atomic mass is 19.2. The lowest BCUT2D eigenvalue weighted by molar-refractivity contribution is -0.138. The molecule has 1 unspecified atom stereocenters. The molecule has 11 rings (SSSR count). The summed E-state index contributed by atoms with van der Waals surface area (Å²) in [6, 6.07) is 29.1. The molecule has 6 aromatic carbocycles. The quantitative estimate of drug-likeness (QED) is 0.0273. The highest BCUT2D eigenvalue weighted by Gasteiger charge is 2.39. The molecule has 2 heterocycles. The van der Waals surface area contributed by atoms with Crippen LogP contribution in [0, 0.1) is 13.8 Å². The number of nitrogens with zero attached hydrogens (tertiary/aromatic N) is 1. The van der Waals surface area contributed by atoms with Crippen molar-refractivity contribution >= 4 is 75.4 Å². The smallest absolute Gasteiger partial charge is 0.463 e. The zero-order valence-corrected chi connectivity index (χ0v) is 43.9. The van der Waals surface area contributed by atoms with Gasteiger partial charge in [-0.25, -0.2) is 9.59 Å². The molecule has 7 aromatic rings. The van der Waals surface area contributed by atoms with Crippen LogP contribution in [0.4, 0.5) is 8.63 Å². The number of para-hydroxylation sites is 1. The zero-order valence-electron chi connectivity index (χ0n) is 43.9. The van der Waals surface area contributed by atoms with E-state index in [0.29, 0.717) is 42.0 Å². The number of hydrogen-bond donors (Lipinski definition) is 1. The van der Waals surface area contributed by atoms with Gasteiger partial charge in [0, 0.05) is 46.8 Å². The van der Waals surface area contributed by atoms with Crippen LogP contribution < -0.4 is 15.3 Å². The van der Waals surface area contributed by atoms with Crippen molar-refractivity contribution in [3.63, 3.8) is 0 Å². The van der Waals surface area contributed by atoms with Crippen molar-refractivity contribution in [1.29, 1.82) is 0 Å². The third-order valence-corrected chi connectivity index (χ3v) is 16.0. The van der Waals surface area contributed by atoms with Gasteiger partial charge >= 0.3 is 25.3 Å². The van der Waals surface area contributed by atoms with E-state index in [4.69, 9.17) is 14.2 Å². The van der Waals surface area contributed by atoms with Crippen molar-refractivity contribution in [1.82, 2.24) is 9.79 Å². The molecule has 0 spiro atoms. The van der Waals surface area contributed by atoms with Crippen LogP contribution in [-0.2, 0) is 49.5 Å². The first-order valence-corrected chi connectivity index (χ1v) is 27.3. The Bertz CT molecular complexity index is 3670. The number of carbonyl (C=O) groups is 3. The lowest BCUT2D eigenvalue weighted by atomic mass is 9.82. The number of esters is 3. The first-order valence-electron chi connectivity index (χ1n) is 27.3. The van der Waals surface area contributed by atoms with E-state index in [1.54, 1.807) is 13.8 Å². The number of allylic oxidation sites excluding steroid dienone is 1. The SMILES string of the molecule is CCOC(=O)/C=C/c1c2c(c(/C(=C3\NC(/C=C/C(=O)OCC)C4=C3CCCC4)c3c(C)cc(-c4ccccc4OC(=O)CCCc4ccc5c6cccc7c6c(c6cccc4c65)=CCC7)cc3C)n1B(F)F)CCCC2. The molecule has 0 radical (unpaired) electrons. The van der Waals surface area contributed by atoms with Crippen LogP contribution in [0.25, 0.3) is 61.2 Å². The normalized spacial score (nSPS) is 16.8. The third-order valence-electron chi connectivity index (χ3n) is 16.0. The number of nitrogens with one attached hydrogen (secondary N) is 1. The summed E-state index contributed by atoms with van der Waals surface area (Å²) >= 11 is 0. The maximum absolute atomic E-state index is 16.1. The van der Waals surface area contributed by atoms with E-state index in [2.05, 4.69) is 72.1 Å². The molecule has 8 nitrogen and oxygen atoms in total. The lowest BCUT2D eigenvalue weighted by Crippen LogP contribution is -2.25. The predicted molar refractivity (Wildman–Crippen MR) is 301 cm³/mol. The standard InChI is InChI=1S/C65H63BF2N2O6/c1-5-74-57(71)35-33-54-46-21-7-9-23-52(46)64(69-54)63(65-53-24-10-8-22-47(53)55(70(65)66(67)68)34-36-58(72)75-6-2)60-39(3)37-43(38-40(60)4)44-20-11-12-29-56(44)76-59(73)30-15-17-41-31-32-51-49-27-14-19-42-18-13-26-48(61(42)49)50-28-16-25-45(41)62(50)51/h11-12,14,16,19-20,25-29,31-38,54,69H,5-10,13,15,17-18,21-24,30H2,1-4H3/b35-33+,36-34+,64-63-. The molecular weight excluding hydrogens is 954 g/mol. The molecule has 0 amide bonds. The van der Waals surface area contributed by atoms with Crippen LogP contribution >= 0.6 is 0 Å². The summed E-state index contributed by atoms with van der Waals surface area (Å²) in [4.78, 5) is 39.3. The Kier molecular flexibility index (Phi) is 14.4. The maximum atomic E-state index is 16.1.